The molecule has 0 amide bonds. The van der Waals surface area contributed by atoms with E-state index in [1.165, 1.54) is 0 Å². The van der Waals surface area contributed by atoms with Gasteiger partial charge in [0, 0.05) is 30.6 Å². The Labute approximate surface area is 164 Å². The van der Waals surface area contributed by atoms with Crippen LogP contribution in [0.15, 0.2) is 28.8 Å². The molecule has 0 radical (unpaired) electrons. The van der Waals surface area contributed by atoms with Gasteiger partial charge in [0.15, 0.2) is 17.1 Å². The molecule has 0 aliphatic carbocycles. The summed E-state index contributed by atoms with van der Waals surface area (Å²) in [4.78, 5) is 16.0. The molecule has 1 saturated heterocycles. The monoisotopic (exact) mass is 389 g/mol. The summed E-state index contributed by atoms with van der Waals surface area (Å²) in [7, 11) is 5.51. The standard InChI is InChI=1S/C20H27N3O5/c1-22(2)11-20(13-24)9-4-10-23(12-20)18-16(19(25)26)17(28-21-18)14-5-7-15(27-3)8-6-14/h5-8,24H,4,9-13H2,1-3H3,(H,25,26). The van der Waals surface area contributed by atoms with E-state index in [-0.39, 0.29) is 23.3 Å². The number of hydrogen-bond acceptors (Lipinski definition) is 7. The lowest BCUT2D eigenvalue weighted by Crippen LogP contribution is -2.50. The van der Waals surface area contributed by atoms with Gasteiger partial charge in [-0.05, 0) is 51.2 Å². The van der Waals surface area contributed by atoms with E-state index in [9.17, 15) is 15.0 Å². The summed E-state index contributed by atoms with van der Waals surface area (Å²) in [5.41, 5.74) is 0.343. The second-order valence-corrected chi connectivity index (χ2v) is 7.66. The molecule has 3 rings (SSSR count). The minimum absolute atomic E-state index is 0.0350. The second kappa shape index (κ2) is 8.20. The highest BCUT2D eigenvalue weighted by Gasteiger charge is 2.38. The van der Waals surface area contributed by atoms with Gasteiger partial charge < -0.3 is 29.3 Å². The number of aliphatic hydroxyl groups excluding tert-OH is 1. The number of carbonyl (C=O) groups is 1. The Bertz CT molecular complexity index is 818. The van der Waals surface area contributed by atoms with Crippen molar-refractivity contribution < 1.29 is 24.3 Å². The zero-order chi connectivity index (χ0) is 20.3. The van der Waals surface area contributed by atoms with E-state index in [4.69, 9.17) is 9.26 Å². The average molecular weight is 389 g/mol. The molecule has 28 heavy (non-hydrogen) atoms. The fourth-order valence-corrected chi connectivity index (χ4v) is 4.00. The Balaban J connectivity index is 1.95. The molecular formula is C20H27N3O5. The predicted octanol–water partition coefficient (Wildman–Crippen LogP) is 2.19. The molecule has 8 nitrogen and oxygen atoms in total. The number of methoxy groups -OCH3 is 1. The molecule has 1 aromatic carbocycles. The third kappa shape index (κ3) is 3.98. The molecule has 2 aromatic rings. The average Bonchev–Trinajstić information content (AvgIpc) is 3.13. The van der Waals surface area contributed by atoms with Crippen molar-refractivity contribution in [1.82, 2.24) is 10.1 Å². The van der Waals surface area contributed by atoms with Crippen molar-refractivity contribution in [2.45, 2.75) is 12.8 Å². The van der Waals surface area contributed by atoms with Crippen LogP contribution in [0.1, 0.15) is 23.2 Å². The van der Waals surface area contributed by atoms with Crippen molar-refractivity contribution in [3.8, 4) is 17.1 Å². The molecule has 1 aliphatic rings. The van der Waals surface area contributed by atoms with Crippen molar-refractivity contribution in [2.75, 3.05) is 52.3 Å². The summed E-state index contributed by atoms with van der Waals surface area (Å²) in [5, 5.41) is 24.0. The molecule has 2 heterocycles. The summed E-state index contributed by atoms with van der Waals surface area (Å²) < 4.78 is 10.6. The number of benzene rings is 1. The van der Waals surface area contributed by atoms with Gasteiger partial charge in [-0.3, -0.25) is 0 Å². The fourth-order valence-electron chi connectivity index (χ4n) is 4.00. The maximum absolute atomic E-state index is 12.0. The Kier molecular flexibility index (Phi) is 5.90. The van der Waals surface area contributed by atoms with Gasteiger partial charge in [0.25, 0.3) is 0 Å². The minimum atomic E-state index is -1.09. The number of nitrogens with zero attached hydrogens (tertiary/aromatic N) is 3. The molecule has 0 spiro atoms. The molecule has 8 heteroatoms. The van der Waals surface area contributed by atoms with Crippen molar-refractivity contribution >= 4 is 11.8 Å². The first kappa shape index (κ1) is 20.2. The number of carboxylic acid groups (broad SMARTS) is 1. The van der Waals surface area contributed by atoms with Gasteiger partial charge in [-0.15, -0.1) is 0 Å². The molecule has 1 atom stereocenters. The van der Waals surface area contributed by atoms with Gasteiger partial charge >= 0.3 is 5.97 Å². The van der Waals surface area contributed by atoms with Crippen LogP contribution in [0.4, 0.5) is 5.82 Å². The van der Waals surface area contributed by atoms with Gasteiger partial charge in [0.1, 0.15) is 5.75 Å². The predicted molar refractivity (Wildman–Crippen MR) is 105 cm³/mol. The van der Waals surface area contributed by atoms with E-state index in [0.717, 1.165) is 12.8 Å². The minimum Gasteiger partial charge on any atom is -0.497 e. The van der Waals surface area contributed by atoms with E-state index >= 15 is 0 Å². The number of aliphatic hydroxyl groups is 1. The van der Waals surface area contributed by atoms with Crippen LogP contribution in [0.25, 0.3) is 11.3 Å². The quantitative estimate of drug-likeness (QED) is 0.743. The highest BCUT2D eigenvalue weighted by atomic mass is 16.5. The first-order valence-corrected chi connectivity index (χ1v) is 9.27. The maximum Gasteiger partial charge on any atom is 0.343 e. The van der Waals surface area contributed by atoms with Gasteiger partial charge in [0.2, 0.25) is 0 Å². The molecule has 1 aromatic heterocycles. The lowest BCUT2D eigenvalue weighted by molar-refractivity contribution is 0.0692. The number of piperidine rings is 1. The van der Waals surface area contributed by atoms with Crippen molar-refractivity contribution in [2.24, 2.45) is 5.41 Å². The molecule has 0 saturated carbocycles. The number of ether oxygens (including phenoxy) is 1. The first-order valence-electron chi connectivity index (χ1n) is 9.27. The van der Waals surface area contributed by atoms with E-state index in [1.807, 2.05) is 23.9 Å². The summed E-state index contributed by atoms with van der Waals surface area (Å²) in [6, 6.07) is 6.99. The smallest absolute Gasteiger partial charge is 0.343 e. The van der Waals surface area contributed by atoms with Crippen molar-refractivity contribution in [3.05, 3.63) is 29.8 Å². The van der Waals surface area contributed by atoms with E-state index in [2.05, 4.69) is 5.16 Å². The van der Waals surface area contributed by atoms with Crippen LogP contribution in [-0.4, -0.2) is 73.7 Å². The summed E-state index contributed by atoms with van der Waals surface area (Å²) in [5.74, 6) is 0.121. The van der Waals surface area contributed by atoms with E-state index < -0.39 is 5.97 Å². The molecule has 1 unspecified atom stereocenters. The number of carboxylic acids is 1. The molecular weight excluding hydrogens is 362 g/mol. The largest absolute Gasteiger partial charge is 0.497 e. The van der Waals surface area contributed by atoms with Crippen molar-refractivity contribution in [3.63, 3.8) is 0 Å². The molecule has 152 valence electrons. The van der Waals surface area contributed by atoms with Crippen LogP contribution in [-0.2, 0) is 0 Å². The highest BCUT2D eigenvalue weighted by molar-refractivity contribution is 5.99. The van der Waals surface area contributed by atoms with Crippen molar-refractivity contribution in [1.29, 1.82) is 0 Å². The maximum atomic E-state index is 12.0. The van der Waals surface area contributed by atoms with Gasteiger partial charge in [-0.25, -0.2) is 4.79 Å². The van der Waals surface area contributed by atoms with Gasteiger partial charge in [0.05, 0.1) is 13.7 Å². The summed E-state index contributed by atoms with van der Waals surface area (Å²) in [6.07, 6.45) is 1.72. The Hall–Kier alpha value is -2.58. The Morgan fingerprint density at radius 2 is 2.07 bits per heavy atom. The topological polar surface area (TPSA) is 99.3 Å². The molecule has 2 N–H and O–H groups in total. The van der Waals surface area contributed by atoms with Crippen LogP contribution in [0.3, 0.4) is 0 Å². The lowest BCUT2D eigenvalue weighted by Gasteiger charge is -2.43. The third-order valence-electron chi connectivity index (χ3n) is 5.19. The zero-order valence-corrected chi connectivity index (χ0v) is 16.5. The summed E-state index contributed by atoms with van der Waals surface area (Å²) >= 11 is 0. The van der Waals surface area contributed by atoms with Crippen LogP contribution < -0.4 is 9.64 Å². The third-order valence-corrected chi connectivity index (χ3v) is 5.19. The van der Waals surface area contributed by atoms with E-state index in [1.54, 1.807) is 31.4 Å². The molecule has 1 aliphatic heterocycles. The molecule has 0 bridgehead atoms. The van der Waals surface area contributed by atoms with E-state index in [0.29, 0.717) is 36.8 Å². The Morgan fingerprint density at radius 3 is 2.64 bits per heavy atom. The SMILES string of the molecule is COc1ccc(-c2onc(N3CCCC(CO)(CN(C)C)C3)c2C(=O)O)cc1. The lowest BCUT2D eigenvalue weighted by atomic mass is 9.80. The zero-order valence-electron chi connectivity index (χ0n) is 16.5. The molecule has 1 fully saturated rings. The highest BCUT2D eigenvalue weighted by Crippen LogP contribution is 2.37. The van der Waals surface area contributed by atoms with Crippen LogP contribution >= 0.6 is 0 Å². The van der Waals surface area contributed by atoms with Crippen LogP contribution in [0.2, 0.25) is 0 Å². The summed E-state index contributed by atoms with van der Waals surface area (Å²) in [6.45, 7) is 1.94. The van der Waals surface area contributed by atoms with Crippen LogP contribution in [0.5, 0.6) is 5.75 Å². The number of aromatic carboxylic acids is 1. The number of hydrogen-bond donors (Lipinski definition) is 2. The number of anilines is 1. The second-order valence-electron chi connectivity index (χ2n) is 7.66. The first-order chi connectivity index (χ1) is 13.4. The Morgan fingerprint density at radius 1 is 1.36 bits per heavy atom. The fraction of sp³-hybridized carbons (Fsp3) is 0.500. The van der Waals surface area contributed by atoms with Gasteiger partial charge in [-0.2, -0.15) is 0 Å². The number of aromatic nitrogens is 1. The normalized spacial score (nSPS) is 19.8. The van der Waals surface area contributed by atoms with Crippen LogP contribution in [0, 0.1) is 5.41 Å². The van der Waals surface area contributed by atoms with Gasteiger partial charge in [-0.1, -0.05) is 5.16 Å². The number of rotatable bonds is 7.